The third-order valence-electron chi connectivity index (χ3n) is 2.55. The standard InChI is InChI=1S/C12H18N2O/c1-4-14(3)12(15)11(13)10-7-5-9(2)6-8-10/h5-8,11H,4,13H2,1-3H3. The molecule has 82 valence electrons. The summed E-state index contributed by atoms with van der Waals surface area (Å²) in [5.41, 5.74) is 7.91. The van der Waals surface area contributed by atoms with E-state index >= 15 is 0 Å². The molecule has 0 saturated carbocycles. The van der Waals surface area contributed by atoms with Crippen LogP contribution in [0.2, 0.25) is 0 Å². The van der Waals surface area contributed by atoms with E-state index in [-0.39, 0.29) is 5.91 Å². The summed E-state index contributed by atoms with van der Waals surface area (Å²) in [6, 6.07) is 7.20. The van der Waals surface area contributed by atoms with Gasteiger partial charge in [0.1, 0.15) is 6.04 Å². The van der Waals surface area contributed by atoms with Crippen LogP contribution in [0.1, 0.15) is 24.1 Å². The third kappa shape index (κ3) is 2.80. The van der Waals surface area contributed by atoms with Crippen molar-refractivity contribution >= 4 is 5.91 Å². The van der Waals surface area contributed by atoms with Crippen molar-refractivity contribution in [2.45, 2.75) is 19.9 Å². The van der Waals surface area contributed by atoms with Crippen LogP contribution in [-0.2, 0) is 4.79 Å². The number of nitrogens with two attached hydrogens (primary N) is 1. The van der Waals surface area contributed by atoms with Crippen molar-refractivity contribution in [1.82, 2.24) is 4.90 Å². The van der Waals surface area contributed by atoms with Crippen molar-refractivity contribution < 1.29 is 4.79 Å². The molecule has 0 aliphatic carbocycles. The summed E-state index contributed by atoms with van der Waals surface area (Å²) in [6.45, 7) is 4.62. The quantitative estimate of drug-likeness (QED) is 0.814. The van der Waals surface area contributed by atoms with E-state index in [0.29, 0.717) is 6.54 Å². The minimum atomic E-state index is -0.546. The van der Waals surface area contributed by atoms with E-state index in [2.05, 4.69) is 0 Å². The SMILES string of the molecule is CCN(C)C(=O)C(N)c1ccc(C)cc1. The number of likely N-dealkylation sites (N-methyl/N-ethyl adjacent to an activating group) is 1. The van der Waals surface area contributed by atoms with Gasteiger partial charge in [0.25, 0.3) is 0 Å². The Labute approximate surface area is 90.9 Å². The lowest BCUT2D eigenvalue weighted by Crippen LogP contribution is -2.35. The molecule has 0 bridgehead atoms. The van der Waals surface area contributed by atoms with Crippen LogP contribution < -0.4 is 5.73 Å². The van der Waals surface area contributed by atoms with Crippen LogP contribution in [-0.4, -0.2) is 24.4 Å². The third-order valence-corrected chi connectivity index (χ3v) is 2.55. The molecule has 0 saturated heterocycles. The van der Waals surface area contributed by atoms with Gasteiger partial charge in [-0.1, -0.05) is 29.8 Å². The summed E-state index contributed by atoms with van der Waals surface area (Å²) in [5.74, 6) is -0.0404. The van der Waals surface area contributed by atoms with Gasteiger partial charge in [-0.25, -0.2) is 0 Å². The summed E-state index contributed by atoms with van der Waals surface area (Å²) in [6.07, 6.45) is 0. The van der Waals surface area contributed by atoms with E-state index in [0.717, 1.165) is 5.56 Å². The zero-order chi connectivity index (χ0) is 11.4. The molecule has 1 atom stereocenters. The van der Waals surface area contributed by atoms with Crippen molar-refractivity contribution in [2.75, 3.05) is 13.6 Å². The molecule has 15 heavy (non-hydrogen) atoms. The van der Waals surface area contributed by atoms with Crippen LogP contribution in [0.5, 0.6) is 0 Å². The van der Waals surface area contributed by atoms with Crippen LogP contribution in [0.15, 0.2) is 24.3 Å². The summed E-state index contributed by atoms with van der Waals surface area (Å²) in [5, 5.41) is 0. The molecule has 1 aromatic carbocycles. The number of nitrogens with zero attached hydrogens (tertiary/aromatic N) is 1. The topological polar surface area (TPSA) is 46.3 Å². The molecule has 0 aliphatic heterocycles. The molecule has 1 aromatic rings. The van der Waals surface area contributed by atoms with Crippen molar-refractivity contribution in [3.63, 3.8) is 0 Å². The fraction of sp³-hybridized carbons (Fsp3) is 0.417. The lowest BCUT2D eigenvalue weighted by molar-refractivity contribution is -0.131. The molecule has 1 amide bonds. The van der Waals surface area contributed by atoms with Crippen molar-refractivity contribution in [1.29, 1.82) is 0 Å². The van der Waals surface area contributed by atoms with Crippen LogP contribution in [0.25, 0.3) is 0 Å². The van der Waals surface area contributed by atoms with E-state index in [1.165, 1.54) is 5.56 Å². The number of hydrogen-bond acceptors (Lipinski definition) is 2. The maximum atomic E-state index is 11.8. The average Bonchev–Trinajstić information content (AvgIpc) is 2.27. The van der Waals surface area contributed by atoms with Crippen molar-refractivity contribution in [2.24, 2.45) is 5.73 Å². The molecule has 0 aliphatic rings. The molecule has 0 spiro atoms. The van der Waals surface area contributed by atoms with Gasteiger partial charge in [-0.2, -0.15) is 0 Å². The molecule has 1 unspecified atom stereocenters. The largest absolute Gasteiger partial charge is 0.344 e. The van der Waals surface area contributed by atoms with E-state index in [1.807, 2.05) is 38.1 Å². The number of benzene rings is 1. The monoisotopic (exact) mass is 206 g/mol. The maximum Gasteiger partial charge on any atom is 0.243 e. The summed E-state index contributed by atoms with van der Waals surface area (Å²) in [4.78, 5) is 13.4. The fourth-order valence-corrected chi connectivity index (χ4v) is 1.31. The van der Waals surface area contributed by atoms with Gasteiger partial charge in [-0.15, -0.1) is 0 Å². The van der Waals surface area contributed by atoms with Crippen LogP contribution >= 0.6 is 0 Å². The number of carbonyl (C=O) groups excluding carboxylic acids is 1. The zero-order valence-corrected chi connectivity index (χ0v) is 9.53. The minimum absolute atomic E-state index is 0.0404. The highest BCUT2D eigenvalue weighted by molar-refractivity contribution is 5.82. The second-order valence-electron chi connectivity index (χ2n) is 3.74. The van der Waals surface area contributed by atoms with E-state index < -0.39 is 6.04 Å². The number of hydrogen-bond donors (Lipinski definition) is 1. The summed E-state index contributed by atoms with van der Waals surface area (Å²) < 4.78 is 0. The number of aryl methyl sites for hydroxylation is 1. The van der Waals surface area contributed by atoms with Crippen LogP contribution in [0.3, 0.4) is 0 Å². The Bertz CT molecular complexity index is 332. The first kappa shape index (κ1) is 11.7. The van der Waals surface area contributed by atoms with Gasteiger partial charge in [0, 0.05) is 13.6 Å². The Kier molecular flexibility index (Phi) is 3.86. The molecule has 0 fully saturated rings. The summed E-state index contributed by atoms with van der Waals surface area (Å²) >= 11 is 0. The van der Waals surface area contributed by atoms with Crippen molar-refractivity contribution in [3.05, 3.63) is 35.4 Å². The van der Waals surface area contributed by atoms with E-state index in [4.69, 9.17) is 5.73 Å². The van der Waals surface area contributed by atoms with Gasteiger partial charge in [-0.3, -0.25) is 4.79 Å². The Balaban J connectivity index is 2.80. The molecule has 0 heterocycles. The Morgan fingerprint density at radius 2 is 1.93 bits per heavy atom. The van der Waals surface area contributed by atoms with Gasteiger partial charge in [-0.05, 0) is 19.4 Å². The fourth-order valence-electron chi connectivity index (χ4n) is 1.31. The van der Waals surface area contributed by atoms with Gasteiger partial charge in [0.15, 0.2) is 0 Å². The van der Waals surface area contributed by atoms with Gasteiger partial charge in [0.05, 0.1) is 0 Å². The first-order chi connectivity index (χ1) is 7.06. The molecular formula is C12H18N2O. The number of carbonyl (C=O) groups is 1. The van der Waals surface area contributed by atoms with E-state index in [1.54, 1.807) is 11.9 Å². The zero-order valence-electron chi connectivity index (χ0n) is 9.53. The highest BCUT2D eigenvalue weighted by Crippen LogP contribution is 2.13. The smallest absolute Gasteiger partial charge is 0.243 e. The molecule has 3 nitrogen and oxygen atoms in total. The van der Waals surface area contributed by atoms with Crippen LogP contribution in [0, 0.1) is 6.92 Å². The van der Waals surface area contributed by atoms with Gasteiger partial charge in [0.2, 0.25) is 5.91 Å². The second-order valence-corrected chi connectivity index (χ2v) is 3.74. The highest BCUT2D eigenvalue weighted by Gasteiger charge is 2.18. The first-order valence-electron chi connectivity index (χ1n) is 5.13. The molecule has 0 radical (unpaired) electrons. The number of amides is 1. The average molecular weight is 206 g/mol. The lowest BCUT2D eigenvalue weighted by Gasteiger charge is -2.19. The Hall–Kier alpha value is -1.35. The van der Waals surface area contributed by atoms with E-state index in [9.17, 15) is 4.79 Å². The minimum Gasteiger partial charge on any atom is -0.344 e. The summed E-state index contributed by atoms with van der Waals surface area (Å²) in [7, 11) is 1.76. The highest BCUT2D eigenvalue weighted by atomic mass is 16.2. The molecule has 3 heteroatoms. The van der Waals surface area contributed by atoms with Crippen LogP contribution in [0.4, 0.5) is 0 Å². The van der Waals surface area contributed by atoms with Gasteiger partial charge >= 0.3 is 0 Å². The predicted octanol–water partition coefficient (Wildman–Crippen LogP) is 1.47. The number of rotatable bonds is 3. The van der Waals surface area contributed by atoms with Gasteiger partial charge < -0.3 is 10.6 Å². The lowest BCUT2D eigenvalue weighted by atomic mass is 10.1. The second kappa shape index (κ2) is 4.94. The molecule has 1 rings (SSSR count). The molecule has 0 aromatic heterocycles. The normalized spacial score (nSPS) is 12.3. The molecular weight excluding hydrogens is 188 g/mol. The first-order valence-corrected chi connectivity index (χ1v) is 5.13. The van der Waals surface area contributed by atoms with Crippen molar-refractivity contribution in [3.8, 4) is 0 Å². The maximum absolute atomic E-state index is 11.8. The predicted molar refractivity (Wildman–Crippen MR) is 61.4 cm³/mol. The molecule has 2 N–H and O–H groups in total. The Morgan fingerprint density at radius 1 is 1.40 bits per heavy atom. The Morgan fingerprint density at radius 3 is 2.40 bits per heavy atom.